The van der Waals surface area contributed by atoms with Gasteiger partial charge in [-0.1, -0.05) is 12.1 Å². The molecule has 0 amide bonds. The molecule has 116 heavy (non-hydrogen) atoms. The highest BCUT2D eigenvalue weighted by Crippen LogP contribution is 2.74. The summed E-state index contributed by atoms with van der Waals surface area (Å²) in [6, 6.07) is -0.406. The van der Waals surface area contributed by atoms with Gasteiger partial charge in [-0.2, -0.15) is 290 Å². The molecule has 0 aliphatic heterocycles. The van der Waals surface area contributed by atoms with Crippen LogP contribution >= 0.6 is 0 Å². The monoisotopic (exact) mass is 1890 g/mol. The Bertz CT molecular complexity index is 3450. The summed E-state index contributed by atoms with van der Waals surface area (Å²) in [5.41, 5.74) is -4.37. The van der Waals surface area contributed by atoms with E-state index in [1.165, 1.54) is 0 Å². The van der Waals surface area contributed by atoms with Gasteiger partial charge in [0.15, 0.2) is 0 Å². The summed E-state index contributed by atoms with van der Waals surface area (Å²) in [7, 11) is 0. The van der Waals surface area contributed by atoms with E-state index >= 15 is 0 Å². The summed E-state index contributed by atoms with van der Waals surface area (Å²) in [5, 5.41) is 0. The maximum atomic E-state index is 14.8. The predicted molar refractivity (Wildman–Crippen MR) is 226 cm³/mol. The molecule has 0 radical (unpaired) electrons. The van der Waals surface area contributed by atoms with E-state index in [1.807, 2.05) is 0 Å². The fourth-order valence-corrected chi connectivity index (χ4v) is 7.94. The molecule has 686 valence electrons. The number of carbonyl (C=O) groups excluding carboxylic acids is 2. The molecule has 0 aliphatic carbocycles. The van der Waals surface area contributed by atoms with Crippen molar-refractivity contribution in [3.05, 3.63) is 35.4 Å². The minimum atomic E-state index is -10.6. The maximum absolute atomic E-state index is 14.8. The number of halogens is 66. The Morgan fingerprint density at radius 3 is 0.414 bits per heavy atom. The maximum Gasteiger partial charge on any atom is 0.460 e. The number of benzene rings is 1. The van der Waals surface area contributed by atoms with Crippen LogP contribution in [0.3, 0.4) is 0 Å². The van der Waals surface area contributed by atoms with Gasteiger partial charge in [0.05, 0.1) is 24.0 Å². The highest BCUT2D eigenvalue weighted by atomic mass is 19.5. The summed E-state index contributed by atoms with van der Waals surface area (Å²) in [6.45, 7) is -1.33. The number of hydrogen-bond donors (Lipinski definition) is 0. The minimum absolute atomic E-state index is 0.0952. The summed E-state index contributed by atoms with van der Waals surface area (Å²) in [6.07, 6.45) is -33.3. The predicted octanol–water partition coefficient (Wildman–Crippen LogP) is 23.7. The van der Waals surface area contributed by atoms with E-state index in [0.29, 0.717) is 0 Å². The van der Waals surface area contributed by atoms with E-state index in [2.05, 4.69) is 9.47 Å². The van der Waals surface area contributed by atoms with Crippen LogP contribution in [0, 0.1) is 0 Å². The Hall–Kier alpha value is -6.46. The first-order chi connectivity index (χ1) is 49.3. The van der Waals surface area contributed by atoms with Crippen LogP contribution in [-0.2, 0) is 9.47 Å². The first-order valence-corrected chi connectivity index (χ1v) is 26.3. The molecule has 1 rings (SSSR count). The van der Waals surface area contributed by atoms with Crippen molar-refractivity contribution in [3.8, 4) is 0 Å². The third-order valence-electron chi connectivity index (χ3n) is 15.0. The highest BCUT2D eigenvalue weighted by molar-refractivity contribution is 6.03. The van der Waals surface area contributed by atoms with Gasteiger partial charge in [-0.25, -0.2) is 9.59 Å². The topological polar surface area (TPSA) is 52.6 Å². The average Bonchev–Trinajstić information content (AvgIpc) is 0.678. The van der Waals surface area contributed by atoms with E-state index in [9.17, 15) is 299 Å². The second-order valence-corrected chi connectivity index (χ2v) is 22.9. The van der Waals surface area contributed by atoms with Crippen LogP contribution in [0.1, 0.15) is 47.4 Å². The molecule has 0 spiro atoms. The first-order valence-electron chi connectivity index (χ1n) is 26.3. The molecular formula is C46H16F66O4. The van der Waals surface area contributed by atoms with E-state index in [1.54, 1.807) is 0 Å². The molecule has 70 heteroatoms. The number of alkyl halides is 66. The van der Waals surface area contributed by atoms with Gasteiger partial charge in [-0.05, 0) is 26.0 Å². The molecule has 1 aromatic rings. The molecule has 4 nitrogen and oxygen atoms in total. The van der Waals surface area contributed by atoms with Crippen LogP contribution in [0.15, 0.2) is 24.3 Å². The molecular weight excluding hydrogens is 1870 g/mol. The summed E-state index contributed by atoms with van der Waals surface area (Å²) in [5.74, 6) is -305. The SMILES string of the molecule is CC(CC(F)(F)C(F)(F)C(F)(F)C(F)(F)C(F)(F)C(F)(F)C(F)(F)C(F)(F)C(F)(F)C(F)(F)C(F)(F)C(F)(F)C(F)(F)C(F)(F)C(F)(F)C(F)(F)F)OC(=O)c1ccccc1C(=O)OC(C)CC(F)(F)C(F)(F)C(F)(F)C(F)(F)C(F)(F)C(F)(F)C(F)(F)C(F)(F)C(F)(F)C(F)(F)C(F)(F)C(F)(F)C(F)(F)C(F)(F)C(F)(F)C(F)(F)F. The standard InChI is InChI=1S/C46H16F66O4/c1-9(7-15(47,48)17(51,52)19(55,56)21(59,60)23(63,64)25(67,68)27(71,72)29(75,76)31(79,80)33(83,84)35(87,88)37(91,92)39(95,96)41(99,100)43(103,104)45(107,108)109)115-13(113)11-5-3-4-6-12(11)14(114)116-10(2)8-16(49,50)18(53,54)20(57,58)22(61,62)24(65,66)26(69,70)28(73,74)30(77,78)32(81,82)34(85,86)36(89,90)38(93,94)40(97,98)42(101,102)44(105,106)46(110,111)112/h3-6,9-10H,7-8H2,1-2H3. The Kier molecular flexibility index (Phi) is 26.0. The lowest BCUT2D eigenvalue weighted by Crippen LogP contribution is -2.80. The second kappa shape index (κ2) is 28.1. The van der Waals surface area contributed by atoms with E-state index < -0.39 is 252 Å². The van der Waals surface area contributed by atoms with Gasteiger partial charge in [-0.15, -0.1) is 0 Å². The first kappa shape index (κ1) is 108. The average molecular weight is 1890 g/mol. The van der Waals surface area contributed by atoms with E-state index in [-0.39, 0.29) is 24.3 Å². The van der Waals surface area contributed by atoms with Crippen molar-refractivity contribution >= 4 is 11.9 Å². The zero-order valence-corrected chi connectivity index (χ0v) is 51.5. The Morgan fingerprint density at radius 2 is 0.302 bits per heavy atom. The van der Waals surface area contributed by atoms with Crippen LogP contribution in [0.2, 0.25) is 0 Å². The molecule has 2 unspecified atom stereocenters. The highest BCUT2D eigenvalue weighted by Gasteiger charge is 3.05. The number of carbonyl (C=O) groups is 2. The van der Waals surface area contributed by atoms with E-state index in [4.69, 9.17) is 0 Å². The fraction of sp³-hybridized carbons (Fsp3) is 0.826. The summed E-state index contributed by atoms with van der Waals surface area (Å²) >= 11 is 0. The third kappa shape index (κ3) is 13.5. The molecule has 0 saturated carbocycles. The molecule has 0 aromatic heterocycles. The smallest absolute Gasteiger partial charge is 0.459 e. The van der Waals surface area contributed by atoms with Gasteiger partial charge in [-0.3, -0.25) is 0 Å². The second-order valence-electron chi connectivity index (χ2n) is 22.9. The largest absolute Gasteiger partial charge is 0.460 e. The third-order valence-corrected chi connectivity index (χ3v) is 15.0. The zero-order valence-electron chi connectivity index (χ0n) is 51.5. The van der Waals surface area contributed by atoms with Gasteiger partial charge in [0, 0.05) is 0 Å². The Balaban J connectivity index is 3.86. The lowest BCUT2D eigenvalue weighted by Gasteiger charge is -2.47. The van der Waals surface area contributed by atoms with Gasteiger partial charge in [0.25, 0.3) is 0 Å². The number of ether oxygens (including phenoxy) is 2. The van der Waals surface area contributed by atoms with Crippen LogP contribution < -0.4 is 0 Å². The van der Waals surface area contributed by atoms with Crippen molar-refractivity contribution in [2.45, 2.75) is 229 Å². The van der Waals surface area contributed by atoms with Crippen molar-refractivity contribution in [3.63, 3.8) is 0 Å². The molecule has 0 heterocycles. The van der Waals surface area contributed by atoms with Gasteiger partial charge in [0.1, 0.15) is 12.2 Å². The van der Waals surface area contributed by atoms with E-state index in [0.717, 1.165) is 0 Å². The number of rotatable bonds is 36. The minimum Gasteiger partial charge on any atom is -0.459 e. The van der Waals surface area contributed by atoms with Crippen LogP contribution in [0.4, 0.5) is 290 Å². The summed E-state index contributed by atoms with van der Waals surface area (Å²) in [4.78, 5) is 25.5. The van der Waals surface area contributed by atoms with Gasteiger partial charge >= 0.3 is 202 Å². The van der Waals surface area contributed by atoms with Crippen molar-refractivity contribution < 1.29 is 309 Å². The Morgan fingerprint density at radius 1 is 0.198 bits per heavy atom. The molecule has 0 saturated heterocycles. The molecule has 0 aliphatic rings. The zero-order chi connectivity index (χ0) is 95.1. The van der Waals surface area contributed by atoms with Crippen LogP contribution in [0.25, 0.3) is 0 Å². The van der Waals surface area contributed by atoms with Crippen molar-refractivity contribution in [2.75, 3.05) is 0 Å². The Labute approximate surface area is 586 Å². The molecule has 0 N–H and O–H groups in total. The van der Waals surface area contributed by atoms with Crippen LogP contribution in [0.5, 0.6) is 0 Å². The molecule has 0 bridgehead atoms. The molecule has 2 atom stereocenters. The van der Waals surface area contributed by atoms with Crippen molar-refractivity contribution in [1.29, 1.82) is 0 Å². The summed E-state index contributed by atoms with van der Waals surface area (Å²) < 4.78 is 932. The fourth-order valence-electron chi connectivity index (χ4n) is 7.94. The lowest BCUT2D eigenvalue weighted by molar-refractivity contribution is -0.491. The molecule has 0 fully saturated rings. The lowest BCUT2D eigenvalue weighted by atomic mass is 9.82. The van der Waals surface area contributed by atoms with Crippen LogP contribution in [-0.4, -0.2) is 214 Å². The van der Waals surface area contributed by atoms with Crippen molar-refractivity contribution in [1.82, 2.24) is 0 Å². The molecule has 1 aromatic carbocycles. The quantitative estimate of drug-likeness (QED) is 0.0496. The van der Waals surface area contributed by atoms with Crippen molar-refractivity contribution in [2.24, 2.45) is 0 Å². The number of hydrogen-bond acceptors (Lipinski definition) is 4. The van der Waals surface area contributed by atoms with Gasteiger partial charge in [0.2, 0.25) is 0 Å². The number of esters is 2. The van der Waals surface area contributed by atoms with Gasteiger partial charge < -0.3 is 9.47 Å². The normalized spacial score (nSPS) is 17.2.